The van der Waals surface area contributed by atoms with E-state index < -0.39 is 59.2 Å². The number of aromatic nitrogens is 3. The largest absolute Gasteiger partial charge is 0.497 e. The van der Waals surface area contributed by atoms with Gasteiger partial charge in [-0.1, -0.05) is 34.1 Å². The first kappa shape index (κ1) is 37.5. The van der Waals surface area contributed by atoms with Gasteiger partial charge in [0.15, 0.2) is 5.82 Å². The van der Waals surface area contributed by atoms with E-state index >= 15 is 0 Å². The van der Waals surface area contributed by atoms with Crippen molar-refractivity contribution in [2.24, 2.45) is 11.3 Å². The van der Waals surface area contributed by atoms with Gasteiger partial charge >= 0.3 is 6.03 Å². The van der Waals surface area contributed by atoms with Crippen molar-refractivity contribution in [2.75, 3.05) is 20.2 Å². The molecule has 1 unspecified atom stereocenters. The van der Waals surface area contributed by atoms with Gasteiger partial charge < -0.3 is 35.6 Å². The molecule has 53 heavy (non-hydrogen) atoms. The number of nitrogens with zero attached hydrogens (tertiary/aromatic N) is 4. The summed E-state index contributed by atoms with van der Waals surface area (Å²) < 4.78 is 13.7. The van der Waals surface area contributed by atoms with E-state index in [1.165, 1.54) is 4.90 Å². The van der Waals surface area contributed by atoms with Crippen LogP contribution in [0.1, 0.15) is 72.6 Å². The van der Waals surface area contributed by atoms with Crippen molar-refractivity contribution >= 4 is 40.4 Å². The van der Waals surface area contributed by atoms with Crippen molar-refractivity contribution in [1.29, 1.82) is 0 Å². The lowest BCUT2D eigenvalue weighted by Crippen LogP contribution is -2.60. The Morgan fingerprint density at radius 3 is 2.45 bits per heavy atom. The Labute approximate surface area is 308 Å². The molecular formula is C38H50N8O7. The summed E-state index contributed by atoms with van der Waals surface area (Å²) in [5.74, 6) is -0.491. The summed E-state index contributed by atoms with van der Waals surface area (Å²) in [4.78, 5) is 73.9. The van der Waals surface area contributed by atoms with E-state index in [0.29, 0.717) is 47.1 Å². The number of benzene rings is 1. The van der Waals surface area contributed by atoms with Crippen molar-refractivity contribution in [2.45, 2.75) is 103 Å². The van der Waals surface area contributed by atoms with Crippen LogP contribution in [0.2, 0.25) is 0 Å². The van der Waals surface area contributed by atoms with Gasteiger partial charge in [-0.05, 0) is 61.6 Å². The monoisotopic (exact) mass is 730 g/mol. The molecule has 3 fully saturated rings. The highest BCUT2D eigenvalue weighted by atomic mass is 16.5. The smallest absolute Gasteiger partial charge is 0.315 e. The van der Waals surface area contributed by atoms with E-state index in [4.69, 9.17) is 14.5 Å². The molecule has 1 saturated heterocycles. The van der Waals surface area contributed by atoms with Gasteiger partial charge in [0.05, 0.1) is 25.2 Å². The average molecular weight is 731 g/mol. The second-order valence-electron chi connectivity index (χ2n) is 15.4. The summed E-state index contributed by atoms with van der Waals surface area (Å²) in [7, 11) is 1.57. The number of amides is 5. The summed E-state index contributed by atoms with van der Waals surface area (Å²) >= 11 is 0. The third-order valence-corrected chi connectivity index (χ3v) is 9.83. The number of ether oxygens (including phenoxy) is 2. The van der Waals surface area contributed by atoms with Gasteiger partial charge in [-0.3, -0.25) is 19.2 Å². The molecule has 0 radical (unpaired) electrons. The standard InChI is InChI=1S/C38H50N8O7/c1-6-8-27(32(47)35(49)41-23-11-12-23)43-34(48)29-18-25(21-45(29)36(50)33(38(2,3)4)44-37(51)39-20-22-9-10-22)53-30-19-31(46-16-7-15-40-46)42-28-17-24(52-5)13-14-26(28)30/h7,13-17,19,22-23,25,27,29,33H,6,8-12,18,20-21H2,1-5H3,(H,41,49)(H,43,48)(H2,39,44,51)/t25?,27-,29-,33+/m0/s1. The molecule has 4 N–H and O–H groups in total. The highest BCUT2D eigenvalue weighted by Crippen LogP contribution is 2.34. The van der Waals surface area contributed by atoms with Crippen molar-refractivity contribution in [3.63, 3.8) is 0 Å². The number of likely N-dealkylation sites (tertiary alicyclic amines) is 1. The third kappa shape index (κ3) is 9.24. The fourth-order valence-electron chi connectivity index (χ4n) is 6.49. The SMILES string of the molecule is CCC[C@H](NC(=O)[C@@H]1CC(Oc2cc(-n3cccn3)nc3cc(OC)ccc23)CN1C(=O)[C@@H](NC(=O)NCC1CC1)C(C)(C)C)C(=O)C(=O)NC1CC1. The molecule has 3 aromatic rings. The maximum Gasteiger partial charge on any atom is 0.315 e. The lowest BCUT2D eigenvalue weighted by atomic mass is 9.85. The number of ketones is 1. The van der Waals surface area contributed by atoms with Crippen LogP contribution in [0, 0.1) is 11.3 Å². The number of fused-ring (bicyclic) bond motifs is 1. The first-order chi connectivity index (χ1) is 25.3. The maximum atomic E-state index is 14.5. The predicted octanol–water partition coefficient (Wildman–Crippen LogP) is 3.03. The van der Waals surface area contributed by atoms with Crippen LogP contribution in [0.3, 0.4) is 0 Å². The molecule has 4 atom stereocenters. The van der Waals surface area contributed by atoms with Crippen LogP contribution in [-0.4, -0.2) is 99.7 Å². The number of nitrogens with one attached hydrogen (secondary N) is 4. The first-order valence-electron chi connectivity index (χ1n) is 18.5. The minimum Gasteiger partial charge on any atom is -0.497 e. The Morgan fingerprint density at radius 2 is 1.81 bits per heavy atom. The van der Waals surface area contributed by atoms with Crippen molar-refractivity contribution in [3.05, 3.63) is 42.7 Å². The molecule has 1 aliphatic heterocycles. The number of urea groups is 1. The Hall–Kier alpha value is -5.21. The lowest BCUT2D eigenvalue weighted by molar-refractivity contribution is -0.144. The summed E-state index contributed by atoms with van der Waals surface area (Å²) in [5, 5.41) is 16.3. The van der Waals surface area contributed by atoms with E-state index in [0.717, 1.165) is 25.7 Å². The second kappa shape index (κ2) is 15.8. The normalized spacial score (nSPS) is 19.6. The number of rotatable bonds is 15. The van der Waals surface area contributed by atoms with Gasteiger partial charge in [-0.2, -0.15) is 5.10 Å². The molecule has 3 aliphatic rings. The number of Topliss-reactive ketones (excluding diaryl/α,β-unsaturated/α-hetero) is 1. The Bertz CT molecular complexity index is 1830. The Morgan fingerprint density at radius 1 is 1.04 bits per heavy atom. The van der Waals surface area contributed by atoms with Crippen LogP contribution in [0.5, 0.6) is 11.5 Å². The van der Waals surface area contributed by atoms with Gasteiger partial charge in [0.1, 0.15) is 29.7 Å². The molecule has 284 valence electrons. The maximum absolute atomic E-state index is 14.5. The zero-order valence-electron chi connectivity index (χ0n) is 31.0. The summed E-state index contributed by atoms with van der Waals surface area (Å²) in [6, 6.07) is 5.34. The van der Waals surface area contributed by atoms with Crippen molar-refractivity contribution in [1.82, 2.24) is 40.9 Å². The molecule has 6 rings (SSSR count). The van der Waals surface area contributed by atoms with Crippen LogP contribution in [0.15, 0.2) is 42.7 Å². The van der Waals surface area contributed by atoms with Gasteiger partial charge in [0.25, 0.3) is 5.91 Å². The quantitative estimate of drug-likeness (QED) is 0.171. The number of pyridine rings is 1. The first-order valence-corrected chi connectivity index (χ1v) is 18.5. The number of carbonyl (C=O) groups is 5. The molecule has 2 saturated carbocycles. The van der Waals surface area contributed by atoms with Gasteiger partial charge in [0, 0.05) is 48.9 Å². The number of methoxy groups -OCH3 is 1. The van der Waals surface area contributed by atoms with E-state index in [9.17, 15) is 24.0 Å². The van der Waals surface area contributed by atoms with E-state index in [1.54, 1.807) is 48.5 Å². The minimum absolute atomic E-state index is 0.0144. The average Bonchev–Trinajstić information content (AvgIpc) is 4.03. The van der Waals surface area contributed by atoms with E-state index in [2.05, 4.69) is 26.4 Å². The number of carbonyl (C=O) groups excluding carboxylic acids is 5. The van der Waals surface area contributed by atoms with Gasteiger partial charge in [0.2, 0.25) is 17.6 Å². The molecule has 2 aliphatic carbocycles. The fraction of sp³-hybridized carbons (Fsp3) is 0.553. The van der Waals surface area contributed by atoms with Crippen LogP contribution in [0.25, 0.3) is 16.7 Å². The zero-order valence-corrected chi connectivity index (χ0v) is 31.0. The summed E-state index contributed by atoms with van der Waals surface area (Å²) in [5.41, 5.74) is -0.138. The molecular weight excluding hydrogens is 680 g/mol. The lowest BCUT2D eigenvalue weighted by Gasteiger charge is -2.35. The molecule has 5 amide bonds. The van der Waals surface area contributed by atoms with E-state index in [1.807, 2.05) is 33.8 Å². The molecule has 3 heterocycles. The molecule has 15 nitrogen and oxygen atoms in total. The molecule has 1 aromatic carbocycles. The van der Waals surface area contributed by atoms with Crippen molar-refractivity contribution in [3.8, 4) is 17.3 Å². The topological polar surface area (TPSA) is 186 Å². The highest BCUT2D eigenvalue weighted by molar-refractivity contribution is 6.38. The highest BCUT2D eigenvalue weighted by Gasteiger charge is 2.47. The predicted molar refractivity (Wildman–Crippen MR) is 195 cm³/mol. The number of hydrogen-bond donors (Lipinski definition) is 4. The van der Waals surface area contributed by atoms with E-state index in [-0.39, 0.29) is 25.4 Å². The second-order valence-corrected chi connectivity index (χ2v) is 15.4. The van der Waals surface area contributed by atoms with Gasteiger partial charge in [-0.15, -0.1) is 0 Å². The Balaban J connectivity index is 1.29. The molecule has 15 heteroatoms. The summed E-state index contributed by atoms with van der Waals surface area (Å²) in [6.45, 7) is 7.94. The number of hydrogen-bond acceptors (Lipinski definition) is 9. The van der Waals surface area contributed by atoms with Crippen LogP contribution < -0.4 is 30.7 Å². The summed E-state index contributed by atoms with van der Waals surface area (Å²) in [6.07, 6.45) is 7.34. The molecule has 0 spiro atoms. The van der Waals surface area contributed by atoms with Crippen LogP contribution in [0.4, 0.5) is 4.79 Å². The molecule has 2 aromatic heterocycles. The Kier molecular flexibility index (Phi) is 11.2. The zero-order chi connectivity index (χ0) is 37.9. The fourth-order valence-corrected chi connectivity index (χ4v) is 6.49. The van der Waals surface area contributed by atoms with Crippen molar-refractivity contribution < 1.29 is 33.4 Å². The third-order valence-electron chi connectivity index (χ3n) is 9.83. The minimum atomic E-state index is -1.07. The molecule has 0 bridgehead atoms. The van der Waals surface area contributed by atoms with Crippen LogP contribution >= 0.6 is 0 Å². The van der Waals surface area contributed by atoms with Gasteiger partial charge in [-0.25, -0.2) is 14.5 Å². The van der Waals surface area contributed by atoms with Crippen LogP contribution in [-0.2, 0) is 19.2 Å².